The summed E-state index contributed by atoms with van der Waals surface area (Å²) in [6, 6.07) is 25.9. The van der Waals surface area contributed by atoms with Gasteiger partial charge in [0.15, 0.2) is 0 Å². The number of aryl methyl sites for hydroxylation is 1. The molecule has 0 fully saturated rings. The summed E-state index contributed by atoms with van der Waals surface area (Å²) < 4.78 is 0. The molecule has 2 aliphatic rings. The van der Waals surface area contributed by atoms with E-state index in [2.05, 4.69) is 118 Å². The number of hydrogen-bond acceptors (Lipinski definition) is 0. The van der Waals surface area contributed by atoms with Crippen LogP contribution in [0.5, 0.6) is 0 Å². The Hall–Kier alpha value is -1.91. The fourth-order valence-electron chi connectivity index (χ4n) is 6.24. The lowest BCUT2D eigenvalue weighted by molar-refractivity contribution is 0.397. The molecule has 0 amide bonds. The topological polar surface area (TPSA) is 0 Å². The van der Waals surface area contributed by atoms with Crippen molar-refractivity contribution in [2.45, 2.75) is 82.2 Å². The fourth-order valence-corrected chi connectivity index (χ4v) is 7.08. The van der Waals surface area contributed by atoms with Gasteiger partial charge in [-0.25, -0.2) is 0 Å². The zero-order chi connectivity index (χ0) is 22.9. The van der Waals surface area contributed by atoms with E-state index in [1.165, 1.54) is 34.2 Å². The lowest BCUT2D eigenvalue weighted by Gasteiger charge is -2.44. The minimum absolute atomic E-state index is 0.0104. The maximum absolute atomic E-state index is 3.42. The van der Waals surface area contributed by atoms with Gasteiger partial charge in [0.2, 0.25) is 0 Å². The highest BCUT2D eigenvalue weighted by Crippen LogP contribution is 2.65. The van der Waals surface area contributed by atoms with Gasteiger partial charge in [-0.05, 0) is 69.0 Å². The van der Waals surface area contributed by atoms with Gasteiger partial charge in [0.05, 0.1) is 0 Å². The first kappa shape index (κ1) is 21.9. The summed E-state index contributed by atoms with van der Waals surface area (Å²) in [6.07, 6.45) is 3.41. The highest BCUT2D eigenvalue weighted by Gasteiger charge is 2.59. The molecule has 2 aliphatic carbocycles. The zero-order valence-electron chi connectivity index (χ0n) is 20.5. The molecule has 5 rings (SSSR count). The van der Waals surface area contributed by atoms with Crippen LogP contribution in [0.2, 0.25) is 0 Å². The molecule has 0 aromatic heterocycles. The van der Waals surface area contributed by atoms with Gasteiger partial charge in [-0.1, -0.05) is 108 Å². The molecule has 0 bridgehead atoms. The first-order chi connectivity index (χ1) is 15.0. The quantitative estimate of drug-likeness (QED) is 0.338. The molecule has 0 saturated heterocycles. The Balaban J connectivity index is 1.82. The monoisotopic (exact) mass is 440 g/mol. The summed E-state index contributed by atoms with van der Waals surface area (Å²) in [6.45, 7) is 14.1. The van der Waals surface area contributed by atoms with Crippen molar-refractivity contribution in [3.8, 4) is 0 Å². The summed E-state index contributed by atoms with van der Waals surface area (Å²) in [7, 11) is 3.42. The summed E-state index contributed by atoms with van der Waals surface area (Å²) in [4.78, 5) is 0. The van der Waals surface area contributed by atoms with E-state index in [-0.39, 0.29) is 21.4 Å². The van der Waals surface area contributed by atoms with Crippen molar-refractivity contribution < 1.29 is 0 Å². The molecule has 0 saturated carbocycles. The molecule has 0 N–H and O–H groups in total. The van der Waals surface area contributed by atoms with Crippen LogP contribution in [0.15, 0.2) is 66.7 Å². The SMILES string of the molecule is CC(C)(C)c1cc(C(C)(C)C)cc(C2(P)Cc3ccccc3C23CCc2ccccc23)c1. The molecule has 3 aromatic carbocycles. The molecule has 0 radical (unpaired) electrons. The third-order valence-electron chi connectivity index (χ3n) is 8.13. The van der Waals surface area contributed by atoms with Gasteiger partial charge in [-0.15, -0.1) is 9.24 Å². The highest BCUT2D eigenvalue weighted by atomic mass is 31.0. The van der Waals surface area contributed by atoms with E-state index >= 15 is 0 Å². The smallest absolute Gasteiger partial charge is 0.0345 e. The third kappa shape index (κ3) is 3.06. The summed E-state index contributed by atoms with van der Waals surface area (Å²) in [5.41, 5.74) is 10.7. The van der Waals surface area contributed by atoms with E-state index in [1.807, 2.05) is 0 Å². The van der Waals surface area contributed by atoms with Crippen LogP contribution in [-0.4, -0.2) is 0 Å². The van der Waals surface area contributed by atoms with Crippen molar-refractivity contribution in [1.29, 1.82) is 0 Å². The lowest BCUT2D eigenvalue weighted by Crippen LogP contribution is -2.41. The van der Waals surface area contributed by atoms with Crippen molar-refractivity contribution in [3.63, 3.8) is 0 Å². The van der Waals surface area contributed by atoms with Crippen LogP contribution >= 0.6 is 9.24 Å². The molecule has 32 heavy (non-hydrogen) atoms. The predicted molar refractivity (Wildman–Crippen MR) is 141 cm³/mol. The van der Waals surface area contributed by atoms with Crippen LogP contribution in [0, 0.1) is 0 Å². The van der Waals surface area contributed by atoms with Crippen LogP contribution in [0.3, 0.4) is 0 Å². The number of hydrogen-bond donors (Lipinski definition) is 0. The van der Waals surface area contributed by atoms with E-state index in [1.54, 1.807) is 11.1 Å². The minimum Gasteiger partial charge on any atom is -0.125 e. The maximum atomic E-state index is 3.42. The van der Waals surface area contributed by atoms with Crippen molar-refractivity contribution in [2.24, 2.45) is 0 Å². The normalized spacial score (nSPS) is 24.6. The summed E-state index contributed by atoms with van der Waals surface area (Å²) in [5.74, 6) is 0. The third-order valence-corrected chi connectivity index (χ3v) is 9.16. The van der Waals surface area contributed by atoms with Crippen molar-refractivity contribution in [2.75, 3.05) is 0 Å². The van der Waals surface area contributed by atoms with Crippen LogP contribution in [0.25, 0.3) is 0 Å². The molecular formula is C31H37P. The van der Waals surface area contributed by atoms with E-state index in [0.29, 0.717) is 0 Å². The number of rotatable bonds is 1. The molecule has 3 aromatic rings. The molecule has 0 heterocycles. The molecular weight excluding hydrogens is 403 g/mol. The van der Waals surface area contributed by atoms with Gasteiger partial charge >= 0.3 is 0 Å². The van der Waals surface area contributed by atoms with Gasteiger partial charge < -0.3 is 0 Å². The van der Waals surface area contributed by atoms with Gasteiger partial charge in [-0.3, -0.25) is 0 Å². The molecule has 1 heteroatoms. The Bertz CT molecular complexity index is 1140. The van der Waals surface area contributed by atoms with Gasteiger partial charge in [0.25, 0.3) is 0 Å². The van der Waals surface area contributed by atoms with Gasteiger partial charge in [-0.2, -0.15) is 0 Å². The average molecular weight is 441 g/mol. The zero-order valence-corrected chi connectivity index (χ0v) is 21.7. The fraction of sp³-hybridized carbons (Fsp3) is 0.419. The summed E-state index contributed by atoms with van der Waals surface area (Å²) >= 11 is 0. The Morgan fingerprint density at radius 2 is 1.19 bits per heavy atom. The van der Waals surface area contributed by atoms with Gasteiger partial charge in [0.1, 0.15) is 0 Å². The molecule has 1 spiro atoms. The largest absolute Gasteiger partial charge is 0.125 e. The van der Waals surface area contributed by atoms with E-state index < -0.39 is 0 Å². The van der Waals surface area contributed by atoms with Crippen LogP contribution in [0.1, 0.15) is 86.9 Å². The standard InChI is InChI=1S/C31H37P/c1-28(2,3)23-17-24(29(4,5)6)19-25(18-23)31(32)20-22-12-8-10-14-27(22)30(31)16-15-21-11-7-9-13-26(21)30/h7-14,17-19H,15-16,20,32H2,1-6H3. The molecule has 0 aliphatic heterocycles. The van der Waals surface area contributed by atoms with Crippen molar-refractivity contribution in [1.82, 2.24) is 0 Å². The highest BCUT2D eigenvalue weighted by molar-refractivity contribution is 7.18. The molecule has 0 nitrogen and oxygen atoms in total. The Morgan fingerprint density at radius 1 is 0.688 bits per heavy atom. The van der Waals surface area contributed by atoms with E-state index in [9.17, 15) is 0 Å². The first-order valence-electron chi connectivity index (χ1n) is 12.1. The van der Waals surface area contributed by atoms with E-state index in [0.717, 1.165) is 12.8 Å². The Morgan fingerprint density at radius 3 is 1.75 bits per heavy atom. The Kier molecular flexibility index (Phi) is 4.82. The minimum atomic E-state index is -0.0510. The van der Waals surface area contributed by atoms with Crippen molar-refractivity contribution in [3.05, 3.63) is 106 Å². The van der Waals surface area contributed by atoms with Crippen LogP contribution < -0.4 is 0 Å². The molecule has 166 valence electrons. The second kappa shape index (κ2) is 7.04. The van der Waals surface area contributed by atoms with Crippen LogP contribution in [-0.2, 0) is 34.2 Å². The number of fused-ring (bicyclic) bond motifs is 4. The molecule has 3 atom stereocenters. The second-order valence-electron chi connectivity index (χ2n) is 12.2. The molecule has 3 unspecified atom stereocenters. The Labute approximate surface area is 197 Å². The maximum Gasteiger partial charge on any atom is 0.0345 e. The lowest BCUT2D eigenvalue weighted by atomic mass is 9.66. The predicted octanol–water partition coefficient (Wildman–Crippen LogP) is 7.84. The van der Waals surface area contributed by atoms with Crippen LogP contribution in [0.4, 0.5) is 0 Å². The van der Waals surface area contributed by atoms with Gasteiger partial charge in [0, 0.05) is 10.6 Å². The summed E-state index contributed by atoms with van der Waals surface area (Å²) in [5, 5.41) is -0.0510. The average Bonchev–Trinajstić information content (AvgIpc) is 3.25. The van der Waals surface area contributed by atoms with E-state index in [4.69, 9.17) is 0 Å². The first-order valence-corrected chi connectivity index (χ1v) is 12.7. The second-order valence-corrected chi connectivity index (χ2v) is 13.2. The van der Waals surface area contributed by atoms with Crippen molar-refractivity contribution >= 4 is 9.24 Å². The number of benzene rings is 3.